The second-order valence-corrected chi connectivity index (χ2v) is 5.67. The number of thioether (sulfide) groups is 1. The number of likely N-dealkylation sites (tertiary alicyclic amines) is 1. The topological polar surface area (TPSA) is 71.3 Å². The summed E-state index contributed by atoms with van der Waals surface area (Å²) in [4.78, 5) is 19.5. The lowest BCUT2D eigenvalue weighted by molar-refractivity contribution is 0.204. The third-order valence-electron chi connectivity index (χ3n) is 3.52. The van der Waals surface area contributed by atoms with Crippen molar-refractivity contribution < 1.29 is 9.32 Å². The molecule has 0 radical (unpaired) electrons. The fourth-order valence-corrected chi connectivity index (χ4v) is 2.83. The Labute approximate surface area is 126 Å². The van der Waals surface area contributed by atoms with E-state index in [0.29, 0.717) is 12.4 Å². The van der Waals surface area contributed by atoms with E-state index >= 15 is 0 Å². The number of hydrogen-bond donors (Lipinski definition) is 1. The number of nitrogens with zero attached hydrogens (tertiary/aromatic N) is 3. The molecule has 0 spiro atoms. The molecule has 0 unspecified atom stereocenters. The molecule has 0 saturated carbocycles. The molecule has 1 aliphatic heterocycles. The van der Waals surface area contributed by atoms with Gasteiger partial charge in [-0.3, -0.25) is 5.32 Å². The summed E-state index contributed by atoms with van der Waals surface area (Å²) in [5.74, 6) is 0.559. The second-order valence-electron chi connectivity index (χ2n) is 4.79. The van der Waals surface area contributed by atoms with E-state index in [-0.39, 0.29) is 12.1 Å². The number of urea groups is 1. The highest BCUT2D eigenvalue weighted by Crippen LogP contribution is 2.31. The van der Waals surface area contributed by atoms with Crippen molar-refractivity contribution in [3.05, 3.63) is 36.4 Å². The maximum Gasteiger partial charge on any atom is 0.323 e. The molecule has 2 amide bonds. The highest BCUT2D eigenvalue weighted by molar-refractivity contribution is 7.98. The molecule has 3 heterocycles. The molecule has 1 aliphatic rings. The number of hydrogen-bond acceptors (Lipinski definition) is 5. The van der Waals surface area contributed by atoms with Crippen LogP contribution in [0.3, 0.4) is 0 Å². The molecule has 2 aromatic rings. The van der Waals surface area contributed by atoms with E-state index in [2.05, 4.69) is 15.5 Å². The Hall–Kier alpha value is -2.02. The van der Waals surface area contributed by atoms with Crippen molar-refractivity contribution in [2.24, 2.45) is 0 Å². The van der Waals surface area contributed by atoms with E-state index in [4.69, 9.17) is 4.52 Å². The van der Waals surface area contributed by atoms with Crippen molar-refractivity contribution in [3.63, 3.8) is 0 Å². The number of rotatable bonds is 3. The van der Waals surface area contributed by atoms with Crippen LogP contribution in [-0.4, -0.2) is 33.9 Å². The van der Waals surface area contributed by atoms with Gasteiger partial charge in [-0.15, -0.1) is 11.8 Å². The molecular formula is C14H16N4O2S. The number of anilines is 1. The molecule has 1 fully saturated rings. The lowest BCUT2D eigenvalue weighted by atomic mass is 10.1. The van der Waals surface area contributed by atoms with Crippen molar-refractivity contribution >= 4 is 23.6 Å². The van der Waals surface area contributed by atoms with E-state index in [9.17, 15) is 4.79 Å². The van der Waals surface area contributed by atoms with Crippen molar-refractivity contribution in [3.8, 4) is 0 Å². The van der Waals surface area contributed by atoms with Crippen molar-refractivity contribution in [1.82, 2.24) is 15.0 Å². The number of aromatic nitrogens is 2. The average Bonchev–Trinajstić information content (AvgIpc) is 3.18. The van der Waals surface area contributed by atoms with Gasteiger partial charge < -0.3 is 9.42 Å². The van der Waals surface area contributed by atoms with Gasteiger partial charge in [-0.1, -0.05) is 5.16 Å². The zero-order valence-corrected chi connectivity index (χ0v) is 12.5. The van der Waals surface area contributed by atoms with Crippen LogP contribution in [0.2, 0.25) is 0 Å². The molecular weight excluding hydrogens is 288 g/mol. The minimum atomic E-state index is -0.148. The molecule has 2 aromatic heterocycles. The molecule has 1 N–H and O–H groups in total. The summed E-state index contributed by atoms with van der Waals surface area (Å²) < 4.78 is 4.88. The monoisotopic (exact) mass is 304 g/mol. The Morgan fingerprint density at radius 3 is 3.05 bits per heavy atom. The van der Waals surface area contributed by atoms with Crippen molar-refractivity contribution in [2.75, 3.05) is 18.1 Å². The predicted molar refractivity (Wildman–Crippen MR) is 80.2 cm³/mol. The normalized spacial score (nSPS) is 18.0. The SMILES string of the molecule is CSc1ccc(NC(=O)N2CCC[C@H]2c2ccon2)nc1. The lowest BCUT2D eigenvalue weighted by Crippen LogP contribution is -2.34. The summed E-state index contributed by atoms with van der Waals surface area (Å²) in [5.41, 5.74) is 0.799. The molecule has 6 nitrogen and oxygen atoms in total. The zero-order valence-electron chi connectivity index (χ0n) is 11.7. The highest BCUT2D eigenvalue weighted by Gasteiger charge is 2.31. The minimum Gasteiger partial charge on any atom is -0.364 e. The number of pyridine rings is 1. The van der Waals surface area contributed by atoms with E-state index in [0.717, 1.165) is 23.4 Å². The van der Waals surface area contributed by atoms with Crippen LogP contribution in [0, 0.1) is 0 Å². The number of carbonyl (C=O) groups is 1. The second kappa shape index (κ2) is 6.17. The zero-order chi connectivity index (χ0) is 14.7. The Morgan fingerprint density at radius 1 is 1.48 bits per heavy atom. The minimum absolute atomic E-state index is 0.0192. The fourth-order valence-electron chi connectivity index (χ4n) is 2.47. The van der Waals surface area contributed by atoms with Gasteiger partial charge in [0.1, 0.15) is 17.8 Å². The first-order chi connectivity index (χ1) is 10.3. The number of nitrogens with one attached hydrogen (secondary N) is 1. The number of carbonyl (C=O) groups excluding carboxylic acids is 1. The van der Waals surface area contributed by atoms with Crippen LogP contribution in [0.5, 0.6) is 0 Å². The van der Waals surface area contributed by atoms with Gasteiger partial charge in [0.05, 0.1) is 6.04 Å². The summed E-state index contributed by atoms with van der Waals surface area (Å²) in [7, 11) is 0. The van der Waals surface area contributed by atoms with Gasteiger partial charge in [0.15, 0.2) is 0 Å². The molecule has 0 aromatic carbocycles. The Balaban J connectivity index is 1.69. The molecule has 0 bridgehead atoms. The summed E-state index contributed by atoms with van der Waals surface area (Å²) in [6.07, 6.45) is 7.14. The van der Waals surface area contributed by atoms with Crippen LogP contribution < -0.4 is 5.32 Å². The van der Waals surface area contributed by atoms with E-state index in [1.807, 2.05) is 24.5 Å². The Bertz CT molecular complexity index is 600. The van der Waals surface area contributed by atoms with Gasteiger partial charge in [-0.25, -0.2) is 9.78 Å². The lowest BCUT2D eigenvalue weighted by Gasteiger charge is -2.23. The highest BCUT2D eigenvalue weighted by atomic mass is 32.2. The number of amides is 2. The van der Waals surface area contributed by atoms with Crippen LogP contribution >= 0.6 is 11.8 Å². The molecule has 3 rings (SSSR count). The standard InChI is InChI=1S/C14H16N4O2S/c1-21-10-4-5-13(15-9-10)16-14(19)18-7-2-3-12(18)11-6-8-20-17-11/h4-6,8-9,12H,2-3,7H2,1H3,(H,15,16,19)/t12-/m0/s1. The van der Waals surface area contributed by atoms with Gasteiger partial charge in [0.25, 0.3) is 0 Å². The van der Waals surface area contributed by atoms with Gasteiger partial charge in [-0.2, -0.15) is 0 Å². The largest absolute Gasteiger partial charge is 0.364 e. The van der Waals surface area contributed by atoms with Gasteiger partial charge >= 0.3 is 6.03 Å². The van der Waals surface area contributed by atoms with Crippen LogP contribution in [-0.2, 0) is 0 Å². The van der Waals surface area contributed by atoms with Crippen molar-refractivity contribution in [1.29, 1.82) is 0 Å². The van der Waals surface area contributed by atoms with Crippen LogP contribution in [0.25, 0.3) is 0 Å². The maximum absolute atomic E-state index is 12.4. The third kappa shape index (κ3) is 3.02. The van der Waals surface area contributed by atoms with Gasteiger partial charge in [0.2, 0.25) is 0 Å². The molecule has 0 aliphatic carbocycles. The van der Waals surface area contributed by atoms with Gasteiger partial charge in [0, 0.05) is 23.7 Å². The van der Waals surface area contributed by atoms with E-state index < -0.39 is 0 Å². The Kier molecular flexibility index (Phi) is 4.10. The molecule has 1 saturated heterocycles. The molecule has 7 heteroatoms. The summed E-state index contributed by atoms with van der Waals surface area (Å²) in [6.45, 7) is 0.715. The predicted octanol–water partition coefficient (Wildman–Crippen LogP) is 3.16. The van der Waals surface area contributed by atoms with E-state index in [1.165, 1.54) is 6.26 Å². The summed E-state index contributed by atoms with van der Waals surface area (Å²) >= 11 is 1.62. The van der Waals surface area contributed by atoms with Crippen LogP contribution in [0.4, 0.5) is 10.6 Å². The quantitative estimate of drug-likeness (QED) is 0.882. The smallest absolute Gasteiger partial charge is 0.323 e. The molecule has 1 atom stereocenters. The van der Waals surface area contributed by atoms with E-state index in [1.54, 1.807) is 22.9 Å². The average molecular weight is 304 g/mol. The van der Waals surface area contributed by atoms with Crippen LogP contribution in [0.15, 0.2) is 40.1 Å². The first-order valence-corrected chi connectivity index (χ1v) is 7.98. The van der Waals surface area contributed by atoms with Gasteiger partial charge in [-0.05, 0) is 31.2 Å². The molecule has 21 heavy (non-hydrogen) atoms. The third-order valence-corrected chi connectivity index (χ3v) is 4.23. The first-order valence-electron chi connectivity index (χ1n) is 6.76. The first kappa shape index (κ1) is 13.9. The molecule has 110 valence electrons. The Morgan fingerprint density at radius 2 is 2.38 bits per heavy atom. The summed E-state index contributed by atoms with van der Waals surface area (Å²) in [6, 6.07) is 5.39. The maximum atomic E-state index is 12.4. The fraction of sp³-hybridized carbons (Fsp3) is 0.357. The summed E-state index contributed by atoms with van der Waals surface area (Å²) in [5, 5.41) is 6.78. The van der Waals surface area contributed by atoms with Crippen LogP contribution in [0.1, 0.15) is 24.6 Å². The van der Waals surface area contributed by atoms with Crippen molar-refractivity contribution in [2.45, 2.75) is 23.8 Å².